The van der Waals surface area contributed by atoms with Crippen molar-refractivity contribution in [2.45, 2.75) is 38.6 Å². The molecule has 1 aliphatic carbocycles. The summed E-state index contributed by atoms with van der Waals surface area (Å²) in [6, 6.07) is 17.8. The summed E-state index contributed by atoms with van der Waals surface area (Å²) in [4.78, 5) is 12.4. The van der Waals surface area contributed by atoms with Crippen LogP contribution in [0.25, 0.3) is 0 Å². The van der Waals surface area contributed by atoms with Gasteiger partial charge in [0.25, 0.3) is 0 Å². The number of rotatable bonds is 6. The monoisotopic (exact) mass is 322 g/mol. The van der Waals surface area contributed by atoms with Crippen LogP contribution in [0.15, 0.2) is 54.6 Å². The third-order valence-corrected chi connectivity index (χ3v) is 5.19. The van der Waals surface area contributed by atoms with E-state index < -0.39 is 6.04 Å². The van der Waals surface area contributed by atoms with Gasteiger partial charge in [-0.15, -0.1) is 0 Å². The Bertz CT molecular complexity index is 675. The average Bonchev–Trinajstić information content (AvgIpc) is 2.58. The number of carbonyl (C=O) groups is 1. The lowest BCUT2D eigenvalue weighted by Crippen LogP contribution is -2.46. The first-order valence-electron chi connectivity index (χ1n) is 8.72. The van der Waals surface area contributed by atoms with Crippen molar-refractivity contribution in [3.8, 4) is 0 Å². The minimum absolute atomic E-state index is 0.0850. The van der Waals surface area contributed by atoms with Crippen molar-refractivity contribution in [2.75, 3.05) is 6.54 Å². The largest absolute Gasteiger partial charge is 0.354 e. The van der Waals surface area contributed by atoms with Crippen LogP contribution in [0.4, 0.5) is 0 Å². The first kappa shape index (κ1) is 16.7. The Hall–Kier alpha value is -2.13. The third kappa shape index (κ3) is 3.85. The van der Waals surface area contributed by atoms with Gasteiger partial charge in [-0.1, -0.05) is 66.6 Å². The molecule has 2 aromatic carbocycles. The quantitative estimate of drug-likeness (QED) is 0.855. The molecule has 0 aromatic heterocycles. The molecule has 1 saturated carbocycles. The summed E-state index contributed by atoms with van der Waals surface area (Å²) < 4.78 is 0. The van der Waals surface area contributed by atoms with Gasteiger partial charge in [0.2, 0.25) is 5.91 Å². The van der Waals surface area contributed by atoms with Gasteiger partial charge in [0.1, 0.15) is 6.04 Å². The van der Waals surface area contributed by atoms with Gasteiger partial charge in [0, 0.05) is 6.54 Å². The molecule has 0 radical (unpaired) electrons. The van der Waals surface area contributed by atoms with Crippen molar-refractivity contribution in [3.05, 3.63) is 71.3 Å². The molecule has 0 saturated heterocycles. The van der Waals surface area contributed by atoms with Crippen LogP contribution in [0, 0.1) is 12.3 Å². The molecular weight excluding hydrogens is 296 g/mol. The average molecular weight is 322 g/mol. The fraction of sp³-hybridized carbons (Fsp3) is 0.381. The highest BCUT2D eigenvalue weighted by Crippen LogP contribution is 2.43. The minimum Gasteiger partial charge on any atom is -0.354 e. The van der Waals surface area contributed by atoms with Gasteiger partial charge in [0.05, 0.1) is 0 Å². The second-order valence-electron chi connectivity index (χ2n) is 7.12. The Balaban J connectivity index is 1.59. The van der Waals surface area contributed by atoms with Gasteiger partial charge in [-0.3, -0.25) is 4.79 Å². The zero-order valence-electron chi connectivity index (χ0n) is 14.3. The maximum atomic E-state index is 12.4. The molecular formula is C21H26N2O. The first-order chi connectivity index (χ1) is 11.6. The molecule has 1 fully saturated rings. The minimum atomic E-state index is -0.598. The van der Waals surface area contributed by atoms with E-state index in [1.54, 1.807) is 0 Å². The van der Waals surface area contributed by atoms with Crippen molar-refractivity contribution >= 4 is 5.91 Å². The zero-order valence-corrected chi connectivity index (χ0v) is 14.3. The van der Waals surface area contributed by atoms with Gasteiger partial charge in [-0.05, 0) is 42.7 Å². The predicted molar refractivity (Wildman–Crippen MR) is 97.5 cm³/mol. The van der Waals surface area contributed by atoms with Crippen molar-refractivity contribution in [1.29, 1.82) is 0 Å². The second kappa shape index (κ2) is 7.18. The van der Waals surface area contributed by atoms with E-state index in [0.717, 1.165) is 12.0 Å². The standard InChI is InChI=1S/C21H26N2O/c1-16-8-10-18(11-9-16)19(22)20(24)23-15-21(12-5-13-21)14-17-6-3-2-4-7-17/h2-4,6-11,19H,5,12-15,22H2,1H3,(H,23,24). The van der Waals surface area contributed by atoms with Crippen molar-refractivity contribution < 1.29 is 4.79 Å². The lowest BCUT2D eigenvalue weighted by Gasteiger charge is -2.42. The van der Waals surface area contributed by atoms with Crippen LogP contribution >= 0.6 is 0 Å². The molecule has 0 heterocycles. The number of carbonyl (C=O) groups excluding carboxylic acids is 1. The lowest BCUT2D eigenvalue weighted by atomic mass is 9.65. The Labute approximate surface area is 144 Å². The third-order valence-electron chi connectivity index (χ3n) is 5.19. The van der Waals surface area contributed by atoms with Crippen LogP contribution < -0.4 is 11.1 Å². The van der Waals surface area contributed by atoms with Crippen LogP contribution in [-0.2, 0) is 11.2 Å². The Morgan fingerprint density at radius 1 is 1.12 bits per heavy atom. The molecule has 0 spiro atoms. The number of nitrogens with one attached hydrogen (secondary N) is 1. The molecule has 3 N–H and O–H groups in total. The van der Waals surface area contributed by atoms with E-state index in [9.17, 15) is 4.79 Å². The van der Waals surface area contributed by atoms with E-state index in [-0.39, 0.29) is 11.3 Å². The van der Waals surface area contributed by atoms with Crippen LogP contribution in [0.1, 0.15) is 42.0 Å². The van der Waals surface area contributed by atoms with Gasteiger partial charge >= 0.3 is 0 Å². The molecule has 126 valence electrons. The normalized spacial score (nSPS) is 16.9. The number of nitrogens with two attached hydrogens (primary N) is 1. The molecule has 24 heavy (non-hydrogen) atoms. The summed E-state index contributed by atoms with van der Waals surface area (Å²) in [5, 5.41) is 3.09. The van der Waals surface area contributed by atoms with Crippen LogP contribution in [0.5, 0.6) is 0 Å². The van der Waals surface area contributed by atoms with E-state index in [0.29, 0.717) is 6.54 Å². The maximum Gasteiger partial charge on any atom is 0.241 e. The molecule has 3 nitrogen and oxygen atoms in total. The predicted octanol–water partition coefficient (Wildman–Crippen LogP) is 3.52. The van der Waals surface area contributed by atoms with Crippen molar-refractivity contribution in [3.63, 3.8) is 0 Å². The highest BCUT2D eigenvalue weighted by Gasteiger charge is 2.37. The summed E-state index contributed by atoms with van der Waals surface area (Å²) in [6.45, 7) is 2.74. The Kier molecular flexibility index (Phi) is 5.00. The zero-order chi connectivity index (χ0) is 17.0. The molecule has 3 rings (SSSR count). The second-order valence-corrected chi connectivity index (χ2v) is 7.12. The Morgan fingerprint density at radius 3 is 2.38 bits per heavy atom. The van der Waals surface area contributed by atoms with Crippen LogP contribution in [0.3, 0.4) is 0 Å². The first-order valence-corrected chi connectivity index (χ1v) is 8.72. The fourth-order valence-electron chi connectivity index (χ4n) is 3.43. The Morgan fingerprint density at radius 2 is 1.79 bits per heavy atom. The van der Waals surface area contributed by atoms with E-state index in [4.69, 9.17) is 5.73 Å². The fourth-order valence-corrected chi connectivity index (χ4v) is 3.43. The van der Waals surface area contributed by atoms with E-state index in [1.165, 1.54) is 30.4 Å². The number of hydrogen-bond acceptors (Lipinski definition) is 2. The van der Waals surface area contributed by atoms with Gasteiger partial charge in [-0.25, -0.2) is 0 Å². The molecule has 1 amide bonds. The van der Waals surface area contributed by atoms with E-state index >= 15 is 0 Å². The molecule has 3 heteroatoms. The highest BCUT2D eigenvalue weighted by molar-refractivity contribution is 5.83. The van der Waals surface area contributed by atoms with E-state index in [2.05, 4.69) is 29.6 Å². The highest BCUT2D eigenvalue weighted by atomic mass is 16.2. The SMILES string of the molecule is Cc1ccc(C(N)C(=O)NCC2(Cc3ccccc3)CCC2)cc1. The number of hydrogen-bond donors (Lipinski definition) is 2. The lowest BCUT2D eigenvalue weighted by molar-refractivity contribution is -0.123. The maximum absolute atomic E-state index is 12.4. The van der Waals surface area contributed by atoms with Gasteiger partial charge in [0.15, 0.2) is 0 Å². The summed E-state index contributed by atoms with van der Waals surface area (Å²) in [7, 11) is 0. The van der Waals surface area contributed by atoms with Crippen molar-refractivity contribution in [2.24, 2.45) is 11.1 Å². The van der Waals surface area contributed by atoms with Gasteiger partial charge < -0.3 is 11.1 Å². The van der Waals surface area contributed by atoms with E-state index in [1.807, 2.05) is 37.3 Å². The molecule has 2 aromatic rings. The molecule has 1 aliphatic rings. The summed E-state index contributed by atoms with van der Waals surface area (Å²) in [6.07, 6.45) is 4.60. The number of benzene rings is 2. The molecule has 0 aliphatic heterocycles. The molecule has 1 unspecified atom stereocenters. The van der Waals surface area contributed by atoms with Crippen LogP contribution in [0.2, 0.25) is 0 Å². The summed E-state index contributed by atoms with van der Waals surface area (Å²) >= 11 is 0. The summed E-state index contributed by atoms with van der Waals surface area (Å²) in [5.41, 5.74) is 9.69. The van der Waals surface area contributed by atoms with Crippen LogP contribution in [-0.4, -0.2) is 12.5 Å². The molecule has 1 atom stereocenters. The number of aryl methyl sites for hydroxylation is 1. The smallest absolute Gasteiger partial charge is 0.241 e. The van der Waals surface area contributed by atoms with Gasteiger partial charge in [-0.2, -0.15) is 0 Å². The molecule has 0 bridgehead atoms. The van der Waals surface area contributed by atoms with Crippen molar-refractivity contribution in [1.82, 2.24) is 5.32 Å². The summed E-state index contributed by atoms with van der Waals surface area (Å²) in [5.74, 6) is -0.0850. The number of amides is 1. The topological polar surface area (TPSA) is 55.1 Å².